The lowest BCUT2D eigenvalue weighted by Crippen LogP contribution is -2.44. The van der Waals surface area contributed by atoms with Crippen LogP contribution in [0.1, 0.15) is 200 Å². The number of ether oxygens (including phenoxy) is 4. The third kappa shape index (κ3) is 38.3. The number of hydrogen-bond donors (Lipinski definition) is 0. The molecule has 9 nitrogen and oxygen atoms in total. The predicted octanol–water partition coefficient (Wildman–Crippen LogP) is 10.2. The Balaban J connectivity index is 4.42. The summed E-state index contributed by atoms with van der Waals surface area (Å²) in [5.41, 5.74) is 0. The first-order valence-corrected chi connectivity index (χ1v) is 22.3. The highest BCUT2D eigenvalue weighted by Gasteiger charge is 2.21. The third-order valence-corrected chi connectivity index (χ3v) is 9.76. The van der Waals surface area contributed by atoms with Gasteiger partial charge in [0.25, 0.3) is 0 Å². The zero-order chi connectivity index (χ0) is 40.0. The monoisotopic (exact) mass is 768 g/mol. The minimum Gasteiger partial charge on any atom is -0.545 e. The van der Waals surface area contributed by atoms with Crippen LogP contribution in [0.3, 0.4) is 0 Å². The van der Waals surface area contributed by atoms with Crippen LogP contribution in [0.2, 0.25) is 0 Å². The van der Waals surface area contributed by atoms with Crippen LogP contribution in [-0.4, -0.2) is 82.3 Å². The molecule has 0 rings (SSSR count). The lowest BCUT2D eigenvalue weighted by atomic mass is 10.0. The minimum absolute atomic E-state index is 0.149. The van der Waals surface area contributed by atoms with Crippen LogP contribution < -0.4 is 5.11 Å². The largest absolute Gasteiger partial charge is 0.545 e. The molecule has 0 radical (unpaired) electrons. The number of carboxylic acids is 1. The zero-order valence-corrected chi connectivity index (χ0v) is 35.9. The third-order valence-electron chi connectivity index (χ3n) is 9.76. The first kappa shape index (κ1) is 52.0. The van der Waals surface area contributed by atoms with Crippen LogP contribution in [0.15, 0.2) is 12.2 Å². The number of rotatable bonds is 41. The van der Waals surface area contributed by atoms with E-state index in [1.807, 2.05) is 21.1 Å². The van der Waals surface area contributed by atoms with Crippen molar-refractivity contribution in [3.63, 3.8) is 0 Å². The molecule has 0 aromatic heterocycles. The number of quaternary nitrogens is 1. The molecular formula is C45H85NO8. The molecule has 0 spiro atoms. The molecule has 0 saturated heterocycles. The molecule has 0 bridgehead atoms. The summed E-state index contributed by atoms with van der Waals surface area (Å²) in [5, 5.41) is 11.7. The van der Waals surface area contributed by atoms with Gasteiger partial charge in [0.05, 0.1) is 40.3 Å². The average Bonchev–Trinajstić information content (AvgIpc) is 3.12. The molecule has 318 valence electrons. The molecule has 0 amide bonds. The summed E-state index contributed by atoms with van der Waals surface area (Å²) in [6.07, 6.45) is 35.2. The van der Waals surface area contributed by atoms with E-state index in [0.717, 1.165) is 51.4 Å². The Bertz CT molecular complexity index is 903. The quantitative estimate of drug-likeness (QED) is 0.0199. The highest BCUT2D eigenvalue weighted by atomic mass is 16.7. The van der Waals surface area contributed by atoms with Gasteiger partial charge >= 0.3 is 11.9 Å². The van der Waals surface area contributed by atoms with E-state index in [4.69, 9.17) is 18.9 Å². The second-order valence-electron chi connectivity index (χ2n) is 16.3. The number of unbranched alkanes of at least 4 members (excludes halogenated alkanes) is 24. The molecule has 0 aliphatic carbocycles. The van der Waals surface area contributed by atoms with E-state index >= 15 is 0 Å². The van der Waals surface area contributed by atoms with Gasteiger partial charge in [-0.2, -0.15) is 0 Å². The summed E-state index contributed by atoms with van der Waals surface area (Å²) < 4.78 is 22.5. The van der Waals surface area contributed by atoms with Crippen molar-refractivity contribution in [3.8, 4) is 0 Å². The summed E-state index contributed by atoms with van der Waals surface area (Å²) in [6.45, 7) is 4.73. The standard InChI is InChI=1S/C45H85NO8/c1-6-8-10-12-14-16-18-20-21-22-24-25-27-29-31-33-35-42(47)52-39-41(40-53-45(44(49)50)51-38-37-46(3,4)5)54-43(48)36-34-32-30-28-26-23-19-17-15-13-11-9-7-2/h17,19,41,45H,6-16,18,20-40H2,1-5H3/b19-17-. The van der Waals surface area contributed by atoms with Gasteiger partial charge in [-0.3, -0.25) is 9.59 Å². The SMILES string of the molecule is CCCCCC/C=C\CCCCCCCC(=O)OC(COC(=O)CCCCCCCCCCCCCCCCCC)COC(OCC[N+](C)(C)C)C(=O)[O-]. The first-order valence-electron chi connectivity index (χ1n) is 22.3. The van der Waals surface area contributed by atoms with Crippen molar-refractivity contribution in [2.45, 2.75) is 212 Å². The van der Waals surface area contributed by atoms with E-state index in [2.05, 4.69) is 26.0 Å². The average molecular weight is 768 g/mol. The van der Waals surface area contributed by atoms with Gasteiger partial charge < -0.3 is 33.3 Å². The number of allylic oxidation sites excluding steroid dienone is 2. The molecule has 2 atom stereocenters. The maximum atomic E-state index is 12.7. The van der Waals surface area contributed by atoms with Gasteiger partial charge in [-0.1, -0.05) is 161 Å². The Labute approximate surface area is 332 Å². The Morgan fingerprint density at radius 2 is 0.944 bits per heavy atom. The normalized spacial score (nSPS) is 13.0. The lowest BCUT2D eigenvalue weighted by molar-refractivity contribution is -0.870. The van der Waals surface area contributed by atoms with Crippen molar-refractivity contribution >= 4 is 17.9 Å². The summed E-state index contributed by atoms with van der Waals surface area (Å²) in [5.74, 6) is -2.28. The fourth-order valence-electron chi connectivity index (χ4n) is 6.24. The smallest absolute Gasteiger partial charge is 0.306 e. The fourth-order valence-corrected chi connectivity index (χ4v) is 6.24. The molecule has 0 N–H and O–H groups in total. The van der Waals surface area contributed by atoms with Crippen molar-refractivity contribution < 1.29 is 42.9 Å². The van der Waals surface area contributed by atoms with E-state index in [1.54, 1.807) is 0 Å². The van der Waals surface area contributed by atoms with Crippen LogP contribution in [0.25, 0.3) is 0 Å². The number of carboxylic acid groups (broad SMARTS) is 1. The Morgan fingerprint density at radius 3 is 1.39 bits per heavy atom. The summed E-state index contributed by atoms with van der Waals surface area (Å²) in [7, 11) is 5.91. The number of hydrogen-bond acceptors (Lipinski definition) is 8. The Kier molecular flexibility index (Phi) is 36.5. The number of nitrogens with zero attached hydrogens (tertiary/aromatic N) is 1. The van der Waals surface area contributed by atoms with E-state index in [1.165, 1.54) is 116 Å². The Hall–Kier alpha value is -1.97. The van der Waals surface area contributed by atoms with E-state index in [0.29, 0.717) is 23.9 Å². The summed E-state index contributed by atoms with van der Waals surface area (Å²) >= 11 is 0. The van der Waals surface area contributed by atoms with Gasteiger partial charge in [0.1, 0.15) is 13.2 Å². The highest BCUT2D eigenvalue weighted by Crippen LogP contribution is 2.15. The van der Waals surface area contributed by atoms with Crippen LogP contribution >= 0.6 is 0 Å². The van der Waals surface area contributed by atoms with Gasteiger partial charge in [0, 0.05) is 12.8 Å². The molecule has 0 aromatic rings. The highest BCUT2D eigenvalue weighted by molar-refractivity contribution is 5.70. The topological polar surface area (TPSA) is 111 Å². The molecule has 54 heavy (non-hydrogen) atoms. The fraction of sp³-hybridized carbons (Fsp3) is 0.889. The van der Waals surface area contributed by atoms with Gasteiger partial charge in [-0.05, 0) is 38.5 Å². The van der Waals surface area contributed by atoms with Gasteiger partial charge in [-0.25, -0.2) is 0 Å². The molecule has 2 unspecified atom stereocenters. The van der Waals surface area contributed by atoms with Gasteiger partial charge in [-0.15, -0.1) is 0 Å². The molecule has 0 aliphatic heterocycles. The van der Waals surface area contributed by atoms with Gasteiger partial charge in [0.2, 0.25) is 0 Å². The maximum Gasteiger partial charge on any atom is 0.306 e. The minimum atomic E-state index is -1.62. The van der Waals surface area contributed by atoms with E-state index in [-0.39, 0.29) is 32.2 Å². The second-order valence-corrected chi connectivity index (χ2v) is 16.3. The molecule has 0 fully saturated rings. The number of carbonyl (C=O) groups excluding carboxylic acids is 3. The first-order chi connectivity index (χ1) is 26.1. The molecule has 0 aromatic carbocycles. The van der Waals surface area contributed by atoms with Crippen molar-refractivity contribution in [1.29, 1.82) is 0 Å². The van der Waals surface area contributed by atoms with E-state index in [9.17, 15) is 19.5 Å². The molecule has 0 saturated carbocycles. The van der Waals surface area contributed by atoms with Crippen molar-refractivity contribution in [2.75, 3.05) is 47.5 Å². The predicted molar refractivity (Wildman–Crippen MR) is 219 cm³/mol. The molecule has 0 heterocycles. The van der Waals surface area contributed by atoms with Crippen molar-refractivity contribution in [3.05, 3.63) is 12.2 Å². The number of aliphatic carboxylic acids is 1. The van der Waals surface area contributed by atoms with Gasteiger partial charge in [0.15, 0.2) is 12.4 Å². The van der Waals surface area contributed by atoms with Crippen molar-refractivity contribution in [2.24, 2.45) is 0 Å². The van der Waals surface area contributed by atoms with E-state index < -0.39 is 24.3 Å². The van der Waals surface area contributed by atoms with Crippen LogP contribution in [0, 0.1) is 0 Å². The number of likely N-dealkylation sites (N-methyl/N-ethyl adjacent to an activating group) is 1. The second kappa shape index (κ2) is 37.9. The Morgan fingerprint density at radius 1 is 0.537 bits per heavy atom. The number of carbonyl (C=O) groups is 3. The zero-order valence-electron chi connectivity index (χ0n) is 35.9. The molecular weight excluding hydrogens is 682 g/mol. The summed E-state index contributed by atoms with van der Waals surface area (Å²) in [4.78, 5) is 36.9. The number of esters is 2. The van der Waals surface area contributed by atoms with Crippen LogP contribution in [0.4, 0.5) is 0 Å². The lowest BCUT2D eigenvalue weighted by Gasteiger charge is -2.26. The van der Waals surface area contributed by atoms with Crippen LogP contribution in [-0.2, 0) is 33.3 Å². The summed E-state index contributed by atoms with van der Waals surface area (Å²) in [6, 6.07) is 0. The maximum absolute atomic E-state index is 12.7. The van der Waals surface area contributed by atoms with Crippen LogP contribution in [0.5, 0.6) is 0 Å². The molecule has 9 heteroatoms. The molecule has 0 aliphatic rings. The van der Waals surface area contributed by atoms with Crippen molar-refractivity contribution in [1.82, 2.24) is 0 Å².